The predicted molar refractivity (Wildman–Crippen MR) is 105 cm³/mol. The van der Waals surface area contributed by atoms with Crippen molar-refractivity contribution in [2.45, 2.75) is 17.7 Å². The number of rotatable bonds is 5. The summed E-state index contributed by atoms with van der Waals surface area (Å²) >= 11 is 0. The Kier molecular flexibility index (Phi) is 5.95. The van der Waals surface area contributed by atoms with Crippen LogP contribution in [0.5, 0.6) is 0 Å². The number of amides is 1. The average molecular weight is 406 g/mol. The number of anilines is 2. The molecule has 0 saturated carbocycles. The van der Waals surface area contributed by atoms with E-state index >= 15 is 0 Å². The first kappa shape index (κ1) is 20.2. The summed E-state index contributed by atoms with van der Waals surface area (Å²) in [5, 5.41) is 2.84. The molecular formula is C19H23FN4O3S. The van der Waals surface area contributed by atoms with Gasteiger partial charge in [-0.15, -0.1) is 0 Å². The van der Waals surface area contributed by atoms with Gasteiger partial charge in [-0.3, -0.25) is 4.79 Å². The molecule has 7 nitrogen and oxygen atoms in total. The molecule has 1 aromatic heterocycles. The molecule has 0 atom stereocenters. The van der Waals surface area contributed by atoms with Crippen LogP contribution in [0.3, 0.4) is 0 Å². The molecule has 0 spiro atoms. The van der Waals surface area contributed by atoms with Gasteiger partial charge in [0.25, 0.3) is 0 Å². The van der Waals surface area contributed by atoms with Crippen LogP contribution in [-0.4, -0.2) is 50.8 Å². The Morgan fingerprint density at radius 2 is 1.79 bits per heavy atom. The highest BCUT2D eigenvalue weighted by Gasteiger charge is 2.32. The number of carbonyl (C=O) groups excluding carboxylic acids is 1. The van der Waals surface area contributed by atoms with Gasteiger partial charge in [0.1, 0.15) is 11.6 Å². The number of nitrogens with one attached hydrogen (secondary N) is 1. The molecule has 3 rings (SSSR count). The van der Waals surface area contributed by atoms with Crippen LogP contribution in [0, 0.1) is 11.7 Å². The van der Waals surface area contributed by atoms with E-state index in [4.69, 9.17) is 0 Å². The van der Waals surface area contributed by atoms with Crippen LogP contribution in [0.2, 0.25) is 0 Å². The number of carbonyl (C=O) groups is 1. The van der Waals surface area contributed by atoms with Gasteiger partial charge in [0.15, 0.2) is 0 Å². The predicted octanol–water partition coefficient (Wildman–Crippen LogP) is 2.33. The van der Waals surface area contributed by atoms with Crippen molar-refractivity contribution in [2.24, 2.45) is 5.92 Å². The van der Waals surface area contributed by atoms with Crippen LogP contribution >= 0.6 is 0 Å². The minimum absolute atomic E-state index is 0.0591. The van der Waals surface area contributed by atoms with Crippen LogP contribution in [0.25, 0.3) is 0 Å². The van der Waals surface area contributed by atoms with Crippen LogP contribution in [0.15, 0.2) is 47.5 Å². The quantitative estimate of drug-likeness (QED) is 0.824. The third-order valence-electron chi connectivity index (χ3n) is 4.75. The zero-order valence-electron chi connectivity index (χ0n) is 15.8. The van der Waals surface area contributed by atoms with E-state index in [9.17, 15) is 17.6 Å². The van der Waals surface area contributed by atoms with E-state index in [0.717, 1.165) is 18.0 Å². The van der Waals surface area contributed by atoms with Gasteiger partial charge in [-0.25, -0.2) is 17.8 Å². The lowest BCUT2D eigenvalue weighted by Gasteiger charge is -2.30. The fourth-order valence-corrected chi connectivity index (χ4v) is 4.55. The first-order chi connectivity index (χ1) is 13.3. The second-order valence-corrected chi connectivity index (χ2v) is 8.86. The molecular weight excluding hydrogens is 383 g/mol. The standard InChI is InChI=1S/C19H23FN4O3S/c1-23(2)18-8-5-16(13-21-18)22-19(25)14-9-11-24(12-10-14)28(26,27)17-6-3-15(20)4-7-17/h3-8,13-14H,9-12H2,1-2H3,(H,22,25). The number of pyridine rings is 1. The van der Waals surface area contributed by atoms with Crippen molar-refractivity contribution in [2.75, 3.05) is 37.4 Å². The summed E-state index contributed by atoms with van der Waals surface area (Å²) in [6, 6.07) is 8.37. The third kappa shape index (κ3) is 4.48. The summed E-state index contributed by atoms with van der Waals surface area (Å²) in [7, 11) is 0.0871. The van der Waals surface area contributed by atoms with Gasteiger partial charge in [-0.2, -0.15) is 4.31 Å². The molecule has 150 valence electrons. The summed E-state index contributed by atoms with van der Waals surface area (Å²) in [4.78, 5) is 18.7. The molecule has 2 aromatic rings. The van der Waals surface area contributed by atoms with Crippen molar-refractivity contribution in [1.29, 1.82) is 0 Å². The zero-order valence-corrected chi connectivity index (χ0v) is 16.6. The molecule has 9 heteroatoms. The molecule has 2 heterocycles. The van der Waals surface area contributed by atoms with Gasteiger partial charge in [0.05, 0.1) is 16.8 Å². The fraction of sp³-hybridized carbons (Fsp3) is 0.368. The van der Waals surface area contributed by atoms with Crippen LogP contribution in [0.4, 0.5) is 15.9 Å². The number of hydrogen-bond donors (Lipinski definition) is 1. The molecule has 1 aliphatic rings. The van der Waals surface area contributed by atoms with E-state index in [0.29, 0.717) is 18.5 Å². The van der Waals surface area contributed by atoms with Gasteiger partial charge < -0.3 is 10.2 Å². The van der Waals surface area contributed by atoms with Gasteiger partial charge in [0, 0.05) is 33.1 Å². The molecule has 1 aliphatic heterocycles. The second kappa shape index (κ2) is 8.24. The van der Waals surface area contributed by atoms with E-state index in [1.54, 1.807) is 12.3 Å². The Morgan fingerprint density at radius 1 is 1.14 bits per heavy atom. The number of benzene rings is 1. The lowest BCUT2D eigenvalue weighted by molar-refractivity contribution is -0.120. The highest BCUT2D eigenvalue weighted by molar-refractivity contribution is 7.89. The topological polar surface area (TPSA) is 82.6 Å². The second-order valence-electron chi connectivity index (χ2n) is 6.92. The lowest BCUT2D eigenvalue weighted by atomic mass is 9.97. The van der Waals surface area contributed by atoms with E-state index in [1.165, 1.54) is 16.4 Å². The highest BCUT2D eigenvalue weighted by atomic mass is 32.2. The van der Waals surface area contributed by atoms with E-state index in [2.05, 4.69) is 10.3 Å². The van der Waals surface area contributed by atoms with Crippen molar-refractivity contribution >= 4 is 27.4 Å². The Balaban J connectivity index is 1.58. The molecule has 0 radical (unpaired) electrons. The van der Waals surface area contributed by atoms with Crippen molar-refractivity contribution in [1.82, 2.24) is 9.29 Å². The highest BCUT2D eigenvalue weighted by Crippen LogP contribution is 2.25. The molecule has 28 heavy (non-hydrogen) atoms. The van der Waals surface area contributed by atoms with E-state index in [-0.39, 0.29) is 29.8 Å². The van der Waals surface area contributed by atoms with Gasteiger partial charge in [0.2, 0.25) is 15.9 Å². The summed E-state index contributed by atoms with van der Waals surface area (Å²) in [5.41, 5.74) is 0.608. The molecule has 1 saturated heterocycles. The fourth-order valence-electron chi connectivity index (χ4n) is 3.08. The van der Waals surface area contributed by atoms with E-state index < -0.39 is 15.8 Å². The molecule has 1 fully saturated rings. The van der Waals surface area contributed by atoms with Gasteiger partial charge in [-0.05, 0) is 49.2 Å². The number of sulfonamides is 1. The van der Waals surface area contributed by atoms with E-state index in [1.807, 2.05) is 25.1 Å². The molecule has 1 aromatic carbocycles. The maximum atomic E-state index is 13.0. The lowest BCUT2D eigenvalue weighted by Crippen LogP contribution is -2.41. The van der Waals surface area contributed by atoms with Crippen molar-refractivity contribution in [3.05, 3.63) is 48.4 Å². The van der Waals surface area contributed by atoms with Gasteiger partial charge >= 0.3 is 0 Å². The Bertz CT molecular complexity index is 923. The van der Waals surface area contributed by atoms with Crippen LogP contribution < -0.4 is 10.2 Å². The molecule has 1 amide bonds. The Morgan fingerprint density at radius 3 is 2.32 bits per heavy atom. The summed E-state index contributed by atoms with van der Waals surface area (Å²) < 4.78 is 39.7. The monoisotopic (exact) mass is 406 g/mol. The number of piperidine rings is 1. The zero-order chi connectivity index (χ0) is 20.3. The van der Waals surface area contributed by atoms with Crippen molar-refractivity contribution in [3.63, 3.8) is 0 Å². The first-order valence-corrected chi connectivity index (χ1v) is 10.4. The summed E-state index contributed by atoms with van der Waals surface area (Å²) in [6.07, 6.45) is 2.45. The molecule has 1 N–H and O–H groups in total. The summed E-state index contributed by atoms with van der Waals surface area (Å²) in [5.74, 6) is -0.105. The minimum atomic E-state index is -3.68. The van der Waals surface area contributed by atoms with Crippen molar-refractivity contribution in [3.8, 4) is 0 Å². The Labute approximate surface area is 164 Å². The number of aromatic nitrogens is 1. The minimum Gasteiger partial charge on any atom is -0.363 e. The van der Waals surface area contributed by atoms with Crippen LogP contribution in [0.1, 0.15) is 12.8 Å². The van der Waals surface area contributed by atoms with Crippen LogP contribution in [-0.2, 0) is 14.8 Å². The largest absolute Gasteiger partial charge is 0.363 e. The van der Waals surface area contributed by atoms with Gasteiger partial charge in [-0.1, -0.05) is 0 Å². The van der Waals surface area contributed by atoms with Crippen molar-refractivity contribution < 1.29 is 17.6 Å². The summed E-state index contributed by atoms with van der Waals surface area (Å²) in [6.45, 7) is 0.491. The maximum absolute atomic E-state index is 13.0. The first-order valence-electron chi connectivity index (χ1n) is 8.97. The number of nitrogens with zero attached hydrogens (tertiary/aromatic N) is 3. The maximum Gasteiger partial charge on any atom is 0.243 e. The smallest absolute Gasteiger partial charge is 0.243 e. The number of hydrogen-bond acceptors (Lipinski definition) is 5. The molecule has 0 bridgehead atoms. The normalized spacial score (nSPS) is 16.0. The number of halogens is 1. The molecule has 0 aliphatic carbocycles. The third-order valence-corrected chi connectivity index (χ3v) is 6.66. The SMILES string of the molecule is CN(C)c1ccc(NC(=O)C2CCN(S(=O)(=O)c3ccc(F)cc3)CC2)cn1. The average Bonchev–Trinajstić information content (AvgIpc) is 2.69. The molecule has 0 unspecified atom stereocenters. The Hall–Kier alpha value is -2.52.